The zero-order valence-corrected chi connectivity index (χ0v) is 16.4. The molecule has 1 aliphatic rings. The van der Waals surface area contributed by atoms with Gasteiger partial charge in [-0.05, 0) is 48.4 Å². The SMILES string of the molecule is CN=C(NCc1cccc(-c2ccccn2)c1)NCC1(CCOC)CCC1. The number of hydrogen-bond donors (Lipinski definition) is 2. The molecule has 1 fully saturated rings. The van der Waals surface area contributed by atoms with Gasteiger partial charge in [-0.25, -0.2) is 0 Å². The monoisotopic (exact) mass is 366 g/mol. The van der Waals surface area contributed by atoms with Crippen LogP contribution in [0.25, 0.3) is 11.3 Å². The van der Waals surface area contributed by atoms with Gasteiger partial charge in [-0.1, -0.05) is 30.7 Å². The summed E-state index contributed by atoms with van der Waals surface area (Å²) >= 11 is 0. The van der Waals surface area contributed by atoms with Crippen LogP contribution in [-0.4, -0.2) is 38.3 Å². The van der Waals surface area contributed by atoms with Gasteiger partial charge in [-0.15, -0.1) is 0 Å². The summed E-state index contributed by atoms with van der Waals surface area (Å²) in [5, 5.41) is 6.94. The molecule has 0 saturated heterocycles. The molecule has 27 heavy (non-hydrogen) atoms. The number of benzene rings is 1. The van der Waals surface area contributed by atoms with Gasteiger partial charge in [0.2, 0.25) is 0 Å². The lowest BCUT2D eigenvalue weighted by molar-refractivity contribution is 0.0732. The lowest BCUT2D eigenvalue weighted by Gasteiger charge is -2.42. The van der Waals surface area contributed by atoms with Crippen LogP contribution in [0.5, 0.6) is 0 Å². The molecule has 0 atom stereocenters. The summed E-state index contributed by atoms with van der Waals surface area (Å²) in [4.78, 5) is 8.81. The average Bonchev–Trinajstić information content (AvgIpc) is 2.70. The number of hydrogen-bond acceptors (Lipinski definition) is 3. The van der Waals surface area contributed by atoms with Crippen LogP contribution in [0.1, 0.15) is 31.2 Å². The van der Waals surface area contributed by atoms with Gasteiger partial charge in [-0.3, -0.25) is 9.98 Å². The highest BCUT2D eigenvalue weighted by atomic mass is 16.5. The second-order valence-electron chi connectivity index (χ2n) is 7.29. The molecule has 0 bridgehead atoms. The largest absolute Gasteiger partial charge is 0.385 e. The molecule has 5 nitrogen and oxygen atoms in total. The summed E-state index contributed by atoms with van der Waals surface area (Å²) in [7, 11) is 3.60. The molecule has 0 radical (unpaired) electrons. The number of pyridine rings is 1. The Labute approximate surface area is 162 Å². The summed E-state index contributed by atoms with van der Waals surface area (Å²) in [5.41, 5.74) is 3.70. The molecule has 1 aliphatic carbocycles. The average molecular weight is 367 g/mol. The van der Waals surface area contributed by atoms with Crippen molar-refractivity contribution in [3.05, 3.63) is 54.2 Å². The van der Waals surface area contributed by atoms with Gasteiger partial charge in [-0.2, -0.15) is 0 Å². The number of ether oxygens (including phenoxy) is 1. The predicted molar refractivity (Wildman–Crippen MR) is 111 cm³/mol. The van der Waals surface area contributed by atoms with Crippen LogP contribution in [0.2, 0.25) is 0 Å². The van der Waals surface area contributed by atoms with Gasteiger partial charge >= 0.3 is 0 Å². The third-order valence-corrected chi connectivity index (χ3v) is 5.45. The Bertz CT molecular complexity index is 741. The van der Waals surface area contributed by atoms with Gasteiger partial charge in [0, 0.05) is 45.6 Å². The first-order valence-electron chi connectivity index (χ1n) is 9.68. The Morgan fingerprint density at radius 1 is 1.19 bits per heavy atom. The molecule has 0 spiro atoms. The first-order chi connectivity index (χ1) is 13.2. The fourth-order valence-corrected chi connectivity index (χ4v) is 3.56. The van der Waals surface area contributed by atoms with E-state index in [1.165, 1.54) is 24.8 Å². The number of aliphatic imine (C=N–C) groups is 1. The number of guanidine groups is 1. The molecule has 1 heterocycles. The third kappa shape index (κ3) is 5.30. The zero-order valence-electron chi connectivity index (χ0n) is 16.4. The van der Waals surface area contributed by atoms with E-state index in [-0.39, 0.29) is 0 Å². The normalized spacial score (nSPS) is 15.9. The predicted octanol–water partition coefficient (Wildman–Crippen LogP) is 3.62. The Kier molecular flexibility index (Phi) is 6.82. The van der Waals surface area contributed by atoms with Crippen molar-refractivity contribution in [3.8, 4) is 11.3 Å². The molecule has 2 N–H and O–H groups in total. The number of nitrogens with zero attached hydrogens (tertiary/aromatic N) is 2. The van der Waals surface area contributed by atoms with Gasteiger partial charge < -0.3 is 15.4 Å². The molecule has 0 aliphatic heterocycles. The summed E-state index contributed by atoms with van der Waals surface area (Å²) in [6.07, 6.45) is 6.79. The molecular formula is C22H30N4O. The Morgan fingerprint density at radius 3 is 2.74 bits per heavy atom. The van der Waals surface area contributed by atoms with E-state index in [0.717, 1.165) is 43.3 Å². The maximum absolute atomic E-state index is 5.28. The third-order valence-electron chi connectivity index (χ3n) is 5.45. The minimum absolute atomic E-state index is 0.368. The summed E-state index contributed by atoms with van der Waals surface area (Å²) < 4.78 is 5.28. The maximum Gasteiger partial charge on any atom is 0.191 e. The van der Waals surface area contributed by atoms with Gasteiger partial charge in [0.15, 0.2) is 5.96 Å². The standard InChI is InChI=1S/C22H30N4O/c1-23-21(26-17-22(10-6-11-22)12-14-27-2)25-16-18-7-5-8-19(15-18)20-9-3-4-13-24-20/h3-5,7-9,13,15H,6,10-12,14,16-17H2,1-2H3,(H2,23,25,26). The Hall–Kier alpha value is -2.40. The molecule has 2 aromatic rings. The van der Waals surface area contributed by atoms with Crippen LogP contribution in [0.4, 0.5) is 0 Å². The topological polar surface area (TPSA) is 58.5 Å². The van der Waals surface area contributed by atoms with Crippen molar-refractivity contribution in [1.29, 1.82) is 0 Å². The zero-order chi connectivity index (χ0) is 19.0. The fraction of sp³-hybridized carbons (Fsp3) is 0.455. The first-order valence-corrected chi connectivity index (χ1v) is 9.68. The van der Waals surface area contributed by atoms with Crippen LogP contribution in [0, 0.1) is 5.41 Å². The molecule has 1 aromatic carbocycles. The van der Waals surface area contributed by atoms with Crippen molar-refractivity contribution in [1.82, 2.24) is 15.6 Å². The van der Waals surface area contributed by atoms with E-state index in [4.69, 9.17) is 4.74 Å². The van der Waals surface area contributed by atoms with Crippen molar-refractivity contribution in [2.45, 2.75) is 32.2 Å². The van der Waals surface area contributed by atoms with Gasteiger partial charge in [0.05, 0.1) is 5.69 Å². The highest BCUT2D eigenvalue weighted by Crippen LogP contribution is 2.43. The highest BCUT2D eigenvalue weighted by molar-refractivity contribution is 5.79. The van der Waals surface area contributed by atoms with Crippen molar-refractivity contribution in [2.24, 2.45) is 10.4 Å². The second kappa shape index (κ2) is 9.51. The van der Waals surface area contributed by atoms with E-state index in [2.05, 4.69) is 44.9 Å². The van der Waals surface area contributed by atoms with Crippen molar-refractivity contribution in [2.75, 3.05) is 27.3 Å². The molecule has 5 heteroatoms. The van der Waals surface area contributed by atoms with Gasteiger partial charge in [0.1, 0.15) is 0 Å². The second-order valence-corrected chi connectivity index (χ2v) is 7.29. The number of methoxy groups -OCH3 is 1. The molecular weight excluding hydrogens is 336 g/mol. The summed E-state index contributed by atoms with van der Waals surface area (Å²) in [6.45, 7) is 2.50. The van der Waals surface area contributed by atoms with E-state index in [1.54, 1.807) is 7.11 Å². The van der Waals surface area contributed by atoms with E-state index in [1.807, 2.05) is 31.4 Å². The molecule has 3 rings (SSSR count). The number of aromatic nitrogens is 1. The highest BCUT2D eigenvalue weighted by Gasteiger charge is 2.36. The quantitative estimate of drug-likeness (QED) is 0.553. The lowest BCUT2D eigenvalue weighted by Crippen LogP contribution is -2.46. The van der Waals surface area contributed by atoms with Crippen molar-refractivity contribution in [3.63, 3.8) is 0 Å². The van der Waals surface area contributed by atoms with Crippen LogP contribution < -0.4 is 10.6 Å². The first kappa shape index (κ1) is 19.4. The summed E-state index contributed by atoms with van der Waals surface area (Å²) in [6, 6.07) is 14.4. The maximum atomic E-state index is 5.28. The number of nitrogens with one attached hydrogen (secondary N) is 2. The Morgan fingerprint density at radius 2 is 2.07 bits per heavy atom. The van der Waals surface area contributed by atoms with E-state index < -0.39 is 0 Å². The lowest BCUT2D eigenvalue weighted by atomic mass is 9.67. The molecule has 1 aromatic heterocycles. The molecule has 144 valence electrons. The molecule has 0 amide bonds. The van der Waals surface area contributed by atoms with Crippen LogP contribution in [-0.2, 0) is 11.3 Å². The van der Waals surface area contributed by atoms with E-state index in [9.17, 15) is 0 Å². The van der Waals surface area contributed by atoms with Crippen LogP contribution in [0.3, 0.4) is 0 Å². The Balaban J connectivity index is 1.54. The molecule has 0 unspecified atom stereocenters. The minimum atomic E-state index is 0.368. The number of rotatable bonds is 8. The van der Waals surface area contributed by atoms with Crippen molar-refractivity contribution < 1.29 is 4.74 Å². The smallest absolute Gasteiger partial charge is 0.191 e. The van der Waals surface area contributed by atoms with E-state index >= 15 is 0 Å². The minimum Gasteiger partial charge on any atom is -0.385 e. The fourth-order valence-electron chi connectivity index (χ4n) is 3.56. The molecule has 1 saturated carbocycles. The van der Waals surface area contributed by atoms with Crippen LogP contribution in [0.15, 0.2) is 53.7 Å². The van der Waals surface area contributed by atoms with Crippen LogP contribution >= 0.6 is 0 Å². The van der Waals surface area contributed by atoms with Crippen molar-refractivity contribution >= 4 is 5.96 Å². The van der Waals surface area contributed by atoms with E-state index in [0.29, 0.717) is 5.41 Å². The summed E-state index contributed by atoms with van der Waals surface area (Å²) in [5.74, 6) is 0.849. The van der Waals surface area contributed by atoms with Gasteiger partial charge in [0.25, 0.3) is 0 Å².